The predicted molar refractivity (Wildman–Crippen MR) is 41.9 cm³/mol. The molecule has 3 N–H and O–H groups in total. The Labute approximate surface area is 82.9 Å². The van der Waals surface area contributed by atoms with E-state index in [0.717, 1.165) is 0 Å². The van der Waals surface area contributed by atoms with Crippen molar-refractivity contribution in [1.82, 2.24) is 5.32 Å². The van der Waals surface area contributed by atoms with E-state index in [1.165, 1.54) is 0 Å². The summed E-state index contributed by atoms with van der Waals surface area (Å²) >= 11 is 0. The number of alkyl halides is 3. The third-order valence-corrected chi connectivity index (χ3v) is 1.55. The van der Waals surface area contributed by atoms with Crippen LogP contribution in [0.4, 0.5) is 13.2 Å². The Balaban J connectivity index is 4.11. The molecule has 0 rings (SSSR count). The standard InChI is InChI=1S/C7H10F3NO4/c1-6(15,5(13)14)4(12)11-3-2-7(8,9)10/h15H,2-3H2,1H3,(H,11,12)(H,13,14)/t6-/m0/s1. The van der Waals surface area contributed by atoms with Crippen molar-refractivity contribution in [3.8, 4) is 0 Å². The number of aliphatic carboxylic acids is 1. The van der Waals surface area contributed by atoms with E-state index < -0.39 is 36.6 Å². The van der Waals surface area contributed by atoms with Crippen molar-refractivity contribution in [2.75, 3.05) is 6.54 Å². The summed E-state index contributed by atoms with van der Waals surface area (Å²) in [6, 6.07) is 0. The number of hydrogen-bond donors (Lipinski definition) is 3. The van der Waals surface area contributed by atoms with E-state index in [-0.39, 0.29) is 0 Å². The lowest BCUT2D eigenvalue weighted by atomic mass is 10.1. The quantitative estimate of drug-likeness (QED) is 0.587. The molecule has 0 aromatic rings. The minimum Gasteiger partial charge on any atom is -0.479 e. The fraction of sp³-hybridized carbons (Fsp3) is 0.714. The molecule has 15 heavy (non-hydrogen) atoms. The summed E-state index contributed by atoms with van der Waals surface area (Å²) in [7, 11) is 0. The van der Waals surface area contributed by atoms with Crippen LogP contribution < -0.4 is 5.32 Å². The molecular formula is C7H10F3NO4. The number of aliphatic hydroxyl groups is 1. The first-order valence-electron chi connectivity index (χ1n) is 3.88. The van der Waals surface area contributed by atoms with Crippen LogP contribution in [0.3, 0.4) is 0 Å². The van der Waals surface area contributed by atoms with Gasteiger partial charge in [-0.25, -0.2) is 4.79 Å². The fourth-order valence-corrected chi connectivity index (χ4v) is 0.587. The Hall–Kier alpha value is -1.31. The minimum atomic E-state index is -4.44. The molecule has 0 radical (unpaired) electrons. The average molecular weight is 229 g/mol. The summed E-state index contributed by atoms with van der Waals surface area (Å²) in [6.07, 6.45) is -5.73. The summed E-state index contributed by atoms with van der Waals surface area (Å²) in [5, 5.41) is 19.0. The number of carboxylic acid groups (broad SMARTS) is 1. The van der Waals surface area contributed by atoms with Gasteiger partial charge in [0.25, 0.3) is 5.91 Å². The smallest absolute Gasteiger partial charge is 0.390 e. The van der Waals surface area contributed by atoms with E-state index in [4.69, 9.17) is 10.2 Å². The highest BCUT2D eigenvalue weighted by Gasteiger charge is 2.39. The minimum absolute atomic E-state index is 0.679. The van der Waals surface area contributed by atoms with Crippen molar-refractivity contribution in [1.29, 1.82) is 0 Å². The maximum Gasteiger partial charge on any atom is 0.390 e. The normalized spacial score (nSPS) is 15.5. The fourth-order valence-electron chi connectivity index (χ4n) is 0.587. The van der Waals surface area contributed by atoms with Gasteiger partial charge < -0.3 is 15.5 Å². The Kier molecular flexibility index (Phi) is 4.08. The molecule has 0 saturated carbocycles. The van der Waals surface area contributed by atoms with Gasteiger partial charge in [0.2, 0.25) is 5.60 Å². The predicted octanol–water partition coefficient (Wildman–Crippen LogP) is -0.109. The van der Waals surface area contributed by atoms with E-state index in [0.29, 0.717) is 6.92 Å². The molecule has 1 atom stereocenters. The van der Waals surface area contributed by atoms with E-state index >= 15 is 0 Å². The van der Waals surface area contributed by atoms with Crippen LogP contribution in [-0.4, -0.2) is 40.4 Å². The van der Waals surface area contributed by atoms with Gasteiger partial charge in [-0.1, -0.05) is 0 Å². The number of halogens is 3. The first-order chi connectivity index (χ1) is 6.57. The van der Waals surface area contributed by atoms with E-state index in [1.807, 2.05) is 0 Å². The first-order valence-corrected chi connectivity index (χ1v) is 3.88. The Morgan fingerprint density at radius 3 is 2.13 bits per heavy atom. The first kappa shape index (κ1) is 13.7. The van der Waals surface area contributed by atoms with E-state index in [1.54, 1.807) is 5.32 Å². The van der Waals surface area contributed by atoms with Crippen LogP contribution in [0, 0.1) is 0 Å². The zero-order valence-corrected chi connectivity index (χ0v) is 7.76. The zero-order chi connectivity index (χ0) is 12.3. The number of carbonyl (C=O) groups excluding carboxylic acids is 1. The molecule has 0 aliphatic carbocycles. The molecule has 0 heterocycles. The molecule has 0 aromatic heterocycles. The summed E-state index contributed by atoms with van der Waals surface area (Å²) < 4.78 is 34.9. The molecule has 0 fully saturated rings. The number of carboxylic acids is 1. The van der Waals surface area contributed by atoms with Gasteiger partial charge >= 0.3 is 12.1 Å². The van der Waals surface area contributed by atoms with Crippen molar-refractivity contribution in [2.24, 2.45) is 0 Å². The molecule has 8 heteroatoms. The van der Waals surface area contributed by atoms with Crippen molar-refractivity contribution in [2.45, 2.75) is 25.1 Å². The molecule has 0 spiro atoms. The second-order valence-corrected chi connectivity index (χ2v) is 3.00. The summed E-state index contributed by atoms with van der Waals surface area (Å²) in [4.78, 5) is 21.2. The maximum atomic E-state index is 11.6. The van der Waals surface area contributed by atoms with Crippen molar-refractivity contribution >= 4 is 11.9 Å². The summed E-state index contributed by atoms with van der Waals surface area (Å²) in [5.41, 5.74) is -2.72. The lowest BCUT2D eigenvalue weighted by Gasteiger charge is -2.17. The van der Waals surface area contributed by atoms with Gasteiger partial charge in [0.05, 0.1) is 6.42 Å². The van der Waals surface area contributed by atoms with Gasteiger partial charge in [-0.3, -0.25) is 4.79 Å². The molecule has 88 valence electrons. The topological polar surface area (TPSA) is 86.6 Å². The van der Waals surface area contributed by atoms with Crippen LogP contribution in [-0.2, 0) is 9.59 Å². The SMILES string of the molecule is C[C@@](O)(C(=O)O)C(=O)NCCC(F)(F)F. The number of amides is 1. The highest BCUT2D eigenvalue weighted by Crippen LogP contribution is 2.18. The molecule has 0 bridgehead atoms. The highest BCUT2D eigenvalue weighted by molar-refractivity contribution is 6.04. The summed E-state index contributed by atoms with van der Waals surface area (Å²) in [6.45, 7) is -0.0932. The van der Waals surface area contributed by atoms with Gasteiger partial charge in [0, 0.05) is 6.54 Å². The Morgan fingerprint density at radius 2 is 1.80 bits per heavy atom. The second-order valence-electron chi connectivity index (χ2n) is 3.00. The lowest BCUT2D eigenvalue weighted by molar-refractivity contribution is -0.164. The molecule has 0 aliphatic rings. The molecule has 0 unspecified atom stereocenters. The van der Waals surface area contributed by atoms with Crippen LogP contribution in [0.1, 0.15) is 13.3 Å². The second kappa shape index (κ2) is 4.47. The van der Waals surface area contributed by atoms with Crippen LogP contribution >= 0.6 is 0 Å². The van der Waals surface area contributed by atoms with Crippen LogP contribution in [0.15, 0.2) is 0 Å². The molecule has 0 aliphatic heterocycles. The monoisotopic (exact) mass is 229 g/mol. The molecule has 1 amide bonds. The van der Waals surface area contributed by atoms with Crippen LogP contribution in [0.25, 0.3) is 0 Å². The number of carbonyl (C=O) groups is 2. The van der Waals surface area contributed by atoms with Gasteiger partial charge in [-0.2, -0.15) is 13.2 Å². The van der Waals surface area contributed by atoms with E-state index in [2.05, 4.69) is 0 Å². The highest BCUT2D eigenvalue weighted by atomic mass is 19.4. The molecule has 0 aromatic carbocycles. The maximum absolute atomic E-state index is 11.6. The van der Waals surface area contributed by atoms with Gasteiger partial charge in [-0.05, 0) is 6.92 Å². The average Bonchev–Trinajstić information content (AvgIpc) is 2.01. The molecular weight excluding hydrogens is 219 g/mol. The zero-order valence-electron chi connectivity index (χ0n) is 7.76. The third kappa shape index (κ3) is 4.63. The van der Waals surface area contributed by atoms with Gasteiger partial charge in [0.1, 0.15) is 0 Å². The number of nitrogens with one attached hydrogen (secondary N) is 1. The van der Waals surface area contributed by atoms with Crippen molar-refractivity contribution < 1.29 is 33.0 Å². The number of rotatable bonds is 4. The third-order valence-electron chi connectivity index (χ3n) is 1.55. The summed E-state index contributed by atoms with van der Waals surface area (Å²) in [5.74, 6) is -3.20. The Bertz CT molecular complexity index is 261. The Morgan fingerprint density at radius 1 is 1.33 bits per heavy atom. The number of hydrogen-bond acceptors (Lipinski definition) is 3. The molecule has 5 nitrogen and oxygen atoms in total. The van der Waals surface area contributed by atoms with Crippen molar-refractivity contribution in [3.63, 3.8) is 0 Å². The lowest BCUT2D eigenvalue weighted by Crippen LogP contribution is -2.50. The van der Waals surface area contributed by atoms with Gasteiger partial charge in [-0.15, -0.1) is 0 Å². The largest absolute Gasteiger partial charge is 0.479 e. The molecule has 0 saturated heterocycles. The van der Waals surface area contributed by atoms with Crippen LogP contribution in [0.2, 0.25) is 0 Å². The van der Waals surface area contributed by atoms with Gasteiger partial charge in [0.15, 0.2) is 0 Å². The van der Waals surface area contributed by atoms with Crippen LogP contribution in [0.5, 0.6) is 0 Å². The van der Waals surface area contributed by atoms with E-state index in [9.17, 15) is 22.8 Å². The van der Waals surface area contributed by atoms with Crippen molar-refractivity contribution in [3.05, 3.63) is 0 Å².